The first-order chi connectivity index (χ1) is 5.50. The van der Waals surface area contributed by atoms with Crippen LogP contribution in [0.3, 0.4) is 0 Å². The molecule has 0 atom stereocenters. The van der Waals surface area contributed by atoms with Crippen LogP contribution in [0.1, 0.15) is 38.5 Å². The van der Waals surface area contributed by atoms with E-state index < -0.39 is 0 Å². The Morgan fingerprint density at radius 3 is 2.00 bits per heavy atom. The zero-order valence-corrected chi connectivity index (χ0v) is 10.0. The van der Waals surface area contributed by atoms with Gasteiger partial charge in [-0.2, -0.15) is 18.9 Å². The van der Waals surface area contributed by atoms with Crippen LogP contribution in [0.4, 0.5) is 0 Å². The third-order valence-corrected chi connectivity index (χ3v) is 1.90. The van der Waals surface area contributed by atoms with Crippen molar-refractivity contribution in [2.75, 3.05) is 0 Å². The standard InChI is InChI=1S/C6H11.C5H5.Zr/c1-2-4-6-5-3-1;1-2-4-5-3-1;/h1H,2-6H2;1-3H,4H2;/q2*-1;+2. The Bertz CT molecular complexity index is 110. The average molecular weight is 239 g/mol. The summed E-state index contributed by atoms with van der Waals surface area (Å²) < 4.78 is 0. The topological polar surface area (TPSA) is 0 Å². The number of hydrogen-bond donors (Lipinski definition) is 0. The Kier molecular flexibility index (Phi) is 9.74. The van der Waals surface area contributed by atoms with Crippen molar-refractivity contribution < 1.29 is 26.2 Å². The molecular weight excluding hydrogens is 223 g/mol. The van der Waals surface area contributed by atoms with Gasteiger partial charge in [0, 0.05) is 0 Å². The Morgan fingerprint density at radius 1 is 1.08 bits per heavy atom. The summed E-state index contributed by atoms with van der Waals surface area (Å²) in [5.41, 5.74) is 0. The van der Waals surface area contributed by atoms with E-state index in [-0.39, 0.29) is 26.2 Å². The second-order valence-corrected chi connectivity index (χ2v) is 2.93. The van der Waals surface area contributed by atoms with Gasteiger partial charge in [0.2, 0.25) is 0 Å². The number of hydrogen-bond acceptors (Lipinski definition) is 0. The van der Waals surface area contributed by atoms with Gasteiger partial charge in [0.05, 0.1) is 0 Å². The Hall–Kier alpha value is 0.363. The molecule has 0 saturated heterocycles. The van der Waals surface area contributed by atoms with Crippen molar-refractivity contribution in [2.24, 2.45) is 0 Å². The van der Waals surface area contributed by atoms with Crippen molar-refractivity contribution in [3.63, 3.8) is 0 Å². The second kappa shape index (κ2) is 9.45. The molecule has 0 bridgehead atoms. The van der Waals surface area contributed by atoms with Gasteiger partial charge >= 0.3 is 26.2 Å². The minimum absolute atomic E-state index is 0. The summed E-state index contributed by atoms with van der Waals surface area (Å²) in [6.07, 6.45) is 19.5. The Morgan fingerprint density at radius 2 is 1.83 bits per heavy atom. The monoisotopic (exact) mass is 238 g/mol. The van der Waals surface area contributed by atoms with Crippen molar-refractivity contribution in [1.82, 2.24) is 0 Å². The maximum absolute atomic E-state index is 2.99. The second-order valence-electron chi connectivity index (χ2n) is 2.93. The van der Waals surface area contributed by atoms with E-state index in [4.69, 9.17) is 0 Å². The maximum atomic E-state index is 2.99. The van der Waals surface area contributed by atoms with Crippen LogP contribution < -0.4 is 0 Å². The van der Waals surface area contributed by atoms with Crippen molar-refractivity contribution in [1.29, 1.82) is 0 Å². The van der Waals surface area contributed by atoms with Crippen molar-refractivity contribution in [2.45, 2.75) is 38.5 Å². The minimum atomic E-state index is 0. The van der Waals surface area contributed by atoms with Crippen LogP contribution in [-0.2, 0) is 26.2 Å². The van der Waals surface area contributed by atoms with Crippen molar-refractivity contribution >= 4 is 0 Å². The fourth-order valence-electron chi connectivity index (χ4n) is 1.24. The molecule has 2 aliphatic rings. The largest absolute Gasteiger partial charge is 2.00 e. The molecule has 2 rings (SSSR count). The quantitative estimate of drug-likeness (QED) is 0.568. The van der Waals surface area contributed by atoms with E-state index in [1.807, 2.05) is 12.2 Å². The molecule has 0 N–H and O–H groups in total. The molecule has 0 amide bonds. The molecule has 1 saturated carbocycles. The van der Waals surface area contributed by atoms with Crippen LogP contribution >= 0.6 is 0 Å². The van der Waals surface area contributed by atoms with E-state index in [0.29, 0.717) is 0 Å². The van der Waals surface area contributed by atoms with Crippen LogP contribution in [0.25, 0.3) is 0 Å². The molecular formula is C11H16Zr. The summed E-state index contributed by atoms with van der Waals surface area (Å²) in [4.78, 5) is 0. The van der Waals surface area contributed by atoms with Gasteiger partial charge in [-0.05, 0) is 0 Å². The predicted octanol–water partition coefficient (Wildman–Crippen LogP) is 3.46. The van der Waals surface area contributed by atoms with Crippen LogP contribution in [0.2, 0.25) is 0 Å². The summed E-state index contributed by atoms with van der Waals surface area (Å²) in [6, 6.07) is 0. The van der Waals surface area contributed by atoms with Gasteiger partial charge in [-0.1, -0.05) is 19.3 Å². The van der Waals surface area contributed by atoms with E-state index in [0.717, 1.165) is 6.42 Å². The molecule has 0 unspecified atom stereocenters. The third kappa shape index (κ3) is 7.04. The summed E-state index contributed by atoms with van der Waals surface area (Å²) in [5.74, 6) is 0. The van der Waals surface area contributed by atoms with Crippen molar-refractivity contribution in [3.8, 4) is 0 Å². The SMILES string of the molecule is [C-]1=CC=CC1.[CH-]1CCCCC1.[Zr+2]. The fourth-order valence-corrected chi connectivity index (χ4v) is 1.24. The van der Waals surface area contributed by atoms with E-state index >= 15 is 0 Å². The Labute approximate surface area is 95.3 Å². The molecule has 0 heterocycles. The summed E-state index contributed by atoms with van der Waals surface area (Å²) >= 11 is 0. The fraction of sp³-hybridized carbons (Fsp3) is 0.545. The number of rotatable bonds is 0. The van der Waals surface area contributed by atoms with Gasteiger partial charge in [-0.25, -0.2) is 12.2 Å². The van der Waals surface area contributed by atoms with Gasteiger partial charge < -0.3 is 6.42 Å². The van der Waals surface area contributed by atoms with Gasteiger partial charge in [-0.3, -0.25) is 6.08 Å². The minimum Gasteiger partial charge on any atom is -0.328 e. The third-order valence-electron chi connectivity index (χ3n) is 1.90. The average Bonchev–Trinajstić information content (AvgIpc) is 2.64. The molecule has 12 heavy (non-hydrogen) atoms. The molecule has 1 fully saturated rings. The maximum Gasteiger partial charge on any atom is 2.00 e. The van der Waals surface area contributed by atoms with Crippen molar-refractivity contribution in [3.05, 3.63) is 30.7 Å². The van der Waals surface area contributed by atoms with Crippen LogP contribution in [-0.4, -0.2) is 0 Å². The molecule has 0 aromatic carbocycles. The first-order valence-electron chi connectivity index (χ1n) is 4.53. The molecule has 0 aliphatic heterocycles. The smallest absolute Gasteiger partial charge is 0.328 e. The van der Waals surface area contributed by atoms with Gasteiger partial charge in [0.15, 0.2) is 0 Å². The van der Waals surface area contributed by atoms with Crippen LogP contribution in [0.5, 0.6) is 0 Å². The number of allylic oxidation sites excluding steroid dienone is 4. The summed E-state index contributed by atoms with van der Waals surface area (Å²) in [7, 11) is 0. The van der Waals surface area contributed by atoms with Gasteiger partial charge in [0.1, 0.15) is 0 Å². The first-order valence-corrected chi connectivity index (χ1v) is 4.53. The molecule has 0 aromatic heterocycles. The van der Waals surface area contributed by atoms with E-state index in [2.05, 4.69) is 18.6 Å². The molecule has 2 aliphatic carbocycles. The van der Waals surface area contributed by atoms with Crippen LogP contribution in [0, 0.1) is 12.5 Å². The Balaban J connectivity index is 0.000000189. The molecule has 0 spiro atoms. The van der Waals surface area contributed by atoms with E-state index in [1.54, 1.807) is 0 Å². The normalized spacial score (nSPS) is 19.3. The van der Waals surface area contributed by atoms with Crippen LogP contribution in [0.15, 0.2) is 18.2 Å². The van der Waals surface area contributed by atoms with Gasteiger partial charge in [0.25, 0.3) is 0 Å². The molecule has 0 aromatic rings. The molecule has 64 valence electrons. The predicted molar refractivity (Wildman–Crippen MR) is 49.0 cm³/mol. The first kappa shape index (κ1) is 12.4. The van der Waals surface area contributed by atoms with Gasteiger partial charge in [-0.15, -0.1) is 6.42 Å². The zero-order chi connectivity index (χ0) is 7.78. The van der Waals surface area contributed by atoms with E-state index in [1.165, 1.54) is 32.1 Å². The molecule has 0 nitrogen and oxygen atoms in total. The molecule has 1 heteroatoms. The zero-order valence-electron chi connectivity index (χ0n) is 7.55. The molecule has 0 radical (unpaired) electrons. The summed E-state index contributed by atoms with van der Waals surface area (Å²) in [5, 5.41) is 0. The van der Waals surface area contributed by atoms with E-state index in [9.17, 15) is 0 Å². The summed E-state index contributed by atoms with van der Waals surface area (Å²) in [6.45, 7) is 0.